The number of amides is 2. The van der Waals surface area contributed by atoms with E-state index in [-0.39, 0.29) is 11.8 Å². The van der Waals surface area contributed by atoms with Gasteiger partial charge in [0.05, 0.1) is 5.69 Å². The van der Waals surface area contributed by atoms with Crippen LogP contribution in [0.5, 0.6) is 0 Å². The van der Waals surface area contributed by atoms with E-state index in [1.165, 1.54) is 11.3 Å². The van der Waals surface area contributed by atoms with Gasteiger partial charge in [-0.1, -0.05) is 30.3 Å². The fraction of sp³-hybridized carbons (Fsp3) is 0.316. The number of carbonyl (C=O) groups excluding carboxylic acids is 2. The van der Waals surface area contributed by atoms with E-state index in [9.17, 15) is 9.59 Å². The van der Waals surface area contributed by atoms with Gasteiger partial charge >= 0.3 is 0 Å². The summed E-state index contributed by atoms with van der Waals surface area (Å²) in [5, 5.41) is 4.78. The Morgan fingerprint density at radius 2 is 2.12 bits per heavy atom. The van der Waals surface area contributed by atoms with E-state index in [0.717, 1.165) is 35.6 Å². The third-order valence-corrected chi connectivity index (χ3v) is 5.41. The van der Waals surface area contributed by atoms with Gasteiger partial charge in [-0.2, -0.15) is 0 Å². The normalized spacial score (nSPS) is 14.3. The maximum absolute atomic E-state index is 12.5. The molecule has 1 saturated heterocycles. The highest BCUT2D eigenvalue weighted by atomic mass is 32.1. The summed E-state index contributed by atoms with van der Waals surface area (Å²) in [6.07, 6.45) is 4.27. The lowest BCUT2D eigenvalue weighted by Crippen LogP contribution is -2.31. The zero-order valence-electron chi connectivity index (χ0n) is 14.4. The molecule has 0 unspecified atom stereocenters. The Balaban J connectivity index is 1.39. The lowest BCUT2D eigenvalue weighted by Gasteiger charge is -2.15. The second-order valence-corrected chi connectivity index (χ2v) is 7.20. The van der Waals surface area contributed by atoms with Crippen molar-refractivity contribution >= 4 is 28.1 Å². The van der Waals surface area contributed by atoms with E-state index >= 15 is 0 Å². The fourth-order valence-corrected chi connectivity index (χ4v) is 4.05. The Kier molecular flexibility index (Phi) is 4.71. The molecule has 26 heavy (non-hydrogen) atoms. The minimum absolute atomic E-state index is 0.110. The molecule has 1 aliphatic rings. The summed E-state index contributed by atoms with van der Waals surface area (Å²) in [4.78, 5) is 31.4. The lowest BCUT2D eigenvalue weighted by molar-refractivity contribution is -0.127. The third-order valence-electron chi connectivity index (χ3n) is 4.57. The van der Waals surface area contributed by atoms with Crippen LogP contribution in [0.1, 0.15) is 29.8 Å². The molecule has 3 aromatic rings. The van der Waals surface area contributed by atoms with Gasteiger partial charge in [-0.15, -0.1) is 11.3 Å². The summed E-state index contributed by atoms with van der Waals surface area (Å²) in [5.41, 5.74) is 2.49. The Labute approximate surface area is 155 Å². The average molecular weight is 368 g/mol. The van der Waals surface area contributed by atoms with Crippen molar-refractivity contribution in [2.24, 2.45) is 0 Å². The molecule has 3 heterocycles. The molecule has 1 aliphatic heterocycles. The van der Waals surface area contributed by atoms with Crippen LogP contribution in [0.15, 0.2) is 41.9 Å². The molecule has 0 spiro atoms. The summed E-state index contributed by atoms with van der Waals surface area (Å²) in [6.45, 7) is 2.11. The van der Waals surface area contributed by atoms with Gasteiger partial charge in [0.15, 0.2) is 4.96 Å². The Bertz CT molecular complexity index is 932. The van der Waals surface area contributed by atoms with Crippen molar-refractivity contribution in [1.29, 1.82) is 0 Å². The van der Waals surface area contributed by atoms with Crippen LogP contribution in [-0.2, 0) is 4.79 Å². The zero-order chi connectivity index (χ0) is 17.9. The maximum Gasteiger partial charge on any atom is 0.269 e. The quantitative estimate of drug-likeness (QED) is 0.681. The number of aromatic nitrogens is 2. The summed E-state index contributed by atoms with van der Waals surface area (Å²) in [6, 6.07) is 9.93. The van der Waals surface area contributed by atoms with Gasteiger partial charge in [0.25, 0.3) is 5.91 Å². The smallest absolute Gasteiger partial charge is 0.269 e. The second-order valence-electron chi connectivity index (χ2n) is 6.36. The summed E-state index contributed by atoms with van der Waals surface area (Å²) < 4.78 is 1.84. The second kappa shape index (κ2) is 7.29. The summed E-state index contributed by atoms with van der Waals surface area (Å²) in [7, 11) is 0. The first-order chi connectivity index (χ1) is 12.7. The first-order valence-electron chi connectivity index (χ1n) is 8.80. The molecule has 1 fully saturated rings. The van der Waals surface area contributed by atoms with Crippen molar-refractivity contribution in [3.05, 3.63) is 47.6 Å². The largest absolute Gasteiger partial charge is 0.351 e. The zero-order valence-corrected chi connectivity index (χ0v) is 15.2. The number of rotatable bonds is 6. The number of benzene rings is 1. The molecule has 0 radical (unpaired) electrons. The van der Waals surface area contributed by atoms with Crippen molar-refractivity contribution in [3.8, 4) is 11.3 Å². The number of likely N-dealkylation sites (tertiary alicyclic amines) is 1. The van der Waals surface area contributed by atoms with Gasteiger partial charge < -0.3 is 10.2 Å². The van der Waals surface area contributed by atoms with Crippen molar-refractivity contribution < 1.29 is 9.59 Å². The maximum atomic E-state index is 12.5. The Morgan fingerprint density at radius 1 is 1.27 bits per heavy atom. The molecule has 4 rings (SSSR count). The number of nitrogens with zero attached hydrogens (tertiary/aromatic N) is 3. The minimum Gasteiger partial charge on any atom is -0.351 e. The van der Waals surface area contributed by atoms with E-state index in [1.807, 2.05) is 51.2 Å². The van der Waals surface area contributed by atoms with Gasteiger partial charge in [-0.05, 0) is 12.8 Å². The van der Waals surface area contributed by atoms with Crippen LogP contribution in [-0.4, -0.2) is 45.7 Å². The highest BCUT2D eigenvalue weighted by Crippen LogP contribution is 2.23. The Hall–Kier alpha value is -2.67. The van der Waals surface area contributed by atoms with Crippen LogP contribution in [0, 0.1) is 0 Å². The number of carbonyl (C=O) groups is 2. The minimum atomic E-state index is -0.110. The molecule has 1 aromatic carbocycles. The monoisotopic (exact) mass is 368 g/mol. The van der Waals surface area contributed by atoms with Crippen molar-refractivity contribution in [2.45, 2.75) is 19.3 Å². The highest BCUT2D eigenvalue weighted by Gasteiger charge is 2.19. The first kappa shape index (κ1) is 16.8. The van der Waals surface area contributed by atoms with Gasteiger partial charge in [-0.3, -0.25) is 14.0 Å². The molecule has 7 heteroatoms. The van der Waals surface area contributed by atoms with Crippen molar-refractivity contribution in [1.82, 2.24) is 19.6 Å². The lowest BCUT2D eigenvalue weighted by atomic mass is 10.2. The predicted molar refractivity (Wildman–Crippen MR) is 101 cm³/mol. The van der Waals surface area contributed by atoms with Gasteiger partial charge in [-0.25, -0.2) is 4.98 Å². The van der Waals surface area contributed by atoms with Gasteiger partial charge in [0, 0.05) is 43.2 Å². The third kappa shape index (κ3) is 3.35. The number of fused-ring (bicyclic) bond motifs is 1. The molecule has 0 saturated carbocycles. The molecular weight excluding hydrogens is 348 g/mol. The standard InChI is InChI=1S/C19H20N4O2S/c24-17-8-4-10-22(17)11-5-9-20-18(25)16-13-26-19-21-15(12-23(16)19)14-6-2-1-3-7-14/h1-3,6-7,12-13H,4-5,8-11H2,(H,20,25). The molecule has 0 atom stereocenters. The molecule has 0 bridgehead atoms. The van der Waals surface area contributed by atoms with Crippen LogP contribution >= 0.6 is 11.3 Å². The van der Waals surface area contributed by atoms with Crippen LogP contribution in [0.3, 0.4) is 0 Å². The molecule has 1 N–H and O–H groups in total. The molecule has 134 valence electrons. The summed E-state index contributed by atoms with van der Waals surface area (Å²) >= 11 is 1.46. The molecule has 2 amide bonds. The van der Waals surface area contributed by atoms with Crippen LogP contribution < -0.4 is 5.32 Å². The molecular formula is C19H20N4O2S. The SMILES string of the molecule is O=C(NCCCN1CCCC1=O)c1csc2nc(-c3ccccc3)cn12. The fourth-order valence-electron chi connectivity index (χ4n) is 3.20. The van der Waals surface area contributed by atoms with Gasteiger partial charge in [0.2, 0.25) is 5.91 Å². The van der Waals surface area contributed by atoms with Crippen LogP contribution in [0.4, 0.5) is 0 Å². The van der Waals surface area contributed by atoms with Crippen molar-refractivity contribution in [2.75, 3.05) is 19.6 Å². The molecule has 6 nitrogen and oxygen atoms in total. The topological polar surface area (TPSA) is 66.7 Å². The number of imidazole rings is 1. The average Bonchev–Trinajstić information content (AvgIpc) is 3.35. The van der Waals surface area contributed by atoms with Crippen LogP contribution in [0.25, 0.3) is 16.2 Å². The number of nitrogens with one attached hydrogen (secondary N) is 1. The number of hydrogen-bond acceptors (Lipinski definition) is 4. The van der Waals surface area contributed by atoms with E-state index < -0.39 is 0 Å². The van der Waals surface area contributed by atoms with Crippen LogP contribution in [0.2, 0.25) is 0 Å². The van der Waals surface area contributed by atoms with Crippen molar-refractivity contribution in [3.63, 3.8) is 0 Å². The highest BCUT2D eigenvalue weighted by molar-refractivity contribution is 7.15. The van der Waals surface area contributed by atoms with E-state index in [2.05, 4.69) is 10.3 Å². The van der Waals surface area contributed by atoms with Gasteiger partial charge in [0.1, 0.15) is 5.69 Å². The summed E-state index contributed by atoms with van der Waals surface area (Å²) in [5.74, 6) is 0.115. The molecule has 2 aromatic heterocycles. The number of hydrogen-bond donors (Lipinski definition) is 1. The molecule has 0 aliphatic carbocycles. The van der Waals surface area contributed by atoms with E-state index in [1.54, 1.807) is 0 Å². The first-order valence-corrected chi connectivity index (χ1v) is 9.68. The van der Waals surface area contributed by atoms with E-state index in [4.69, 9.17) is 0 Å². The Morgan fingerprint density at radius 3 is 2.88 bits per heavy atom. The van der Waals surface area contributed by atoms with E-state index in [0.29, 0.717) is 25.2 Å². The number of thiazole rings is 1. The predicted octanol–water partition coefficient (Wildman–Crippen LogP) is 2.81.